The predicted molar refractivity (Wildman–Crippen MR) is 94.0 cm³/mol. The van der Waals surface area contributed by atoms with Crippen molar-refractivity contribution in [1.29, 1.82) is 0 Å². The molecule has 0 spiro atoms. The number of nitrogens with one attached hydrogen (secondary N) is 1. The molecule has 0 radical (unpaired) electrons. The lowest BCUT2D eigenvalue weighted by Crippen LogP contribution is -2.14. The third kappa shape index (κ3) is 2.87. The SMILES string of the molecule is CCCC(NC)c1ccc(-c2cccc3ccccc23)s1. The Balaban J connectivity index is 2.02. The molecule has 21 heavy (non-hydrogen) atoms. The first kappa shape index (κ1) is 14.3. The van der Waals surface area contributed by atoms with Crippen molar-refractivity contribution < 1.29 is 0 Å². The van der Waals surface area contributed by atoms with E-state index in [2.05, 4.69) is 73.9 Å². The fourth-order valence-electron chi connectivity index (χ4n) is 2.84. The lowest BCUT2D eigenvalue weighted by atomic mass is 10.0. The first-order valence-electron chi connectivity index (χ1n) is 7.58. The highest BCUT2D eigenvalue weighted by molar-refractivity contribution is 7.15. The lowest BCUT2D eigenvalue weighted by Gasteiger charge is -2.12. The van der Waals surface area contributed by atoms with E-state index in [1.54, 1.807) is 0 Å². The average Bonchev–Trinajstić information content (AvgIpc) is 3.01. The van der Waals surface area contributed by atoms with E-state index >= 15 is 0 Å². The Hall–Kier alpha value is -1.64. The predicted octanol–water partition coefficient (Wildman–Crippen LogP) is 5.63. The van der Waals surface area contributed by atoms with Crippen molar-refractivity contribution in [2.45, 2.75) is 25.8 Å². The van der Waals surface area contributed by atoms with Crippen molar-refractivity contribution in [3.8, 4) is 10.4 Å². The van der Waals surface area contributed by atoms with Gasteiger partial charge in [-0.25, -0.2) is 0 Å². The summed E-state index contributed by atoms with van der Waals surface area (Å²) in [6.45, 7) is 2.24. The second-order valence-electron chi connectivity index (χ2n) is 5.36. The van der Waals surface area contributed by atoms with Gasteiger partial charge in [-0.05, 0) is 41.9 Å². The third-order valence-corrected chi connectivity index (χ3v) is 5.18. The highest BCUT2D eigenvalue weighted by Crippen LogP contribution is 2.36. The number of fused-ring (bicyclic) bond motifs is 1. The Labute approximate surface area is 130 Å². The van der Waals surface area contributed by atoms with Gasteiger partial charge in [0.1, 0.15) is 0 Å². The summed E-state index contributed by atoms with van der Waals surface area (Å²) in [5.74, 6) is 0. The highest BCUT2D eigenvalue weighted by Gasteiger charge is 2.12. The van der Waals surface area contributed by atoms with Gasteiger partial charge in [0.2, 0.25) is 0 Å². The fourth-order valence-corrected chi connectivity index (χ4v) is 4.03. The zero-order chi connectivity index (χ0) is 14.7. The van der Waals surface area contributed by atoms with E-state index in [9.17, 15) is 0 Å². The molecule has 0 bridgehead atoms. The molecule has 1 unspecified atom stereocenters. The molecular weight excluding hydrogens is 274 g/mol. The van der Waals surface area contributed by atoms with Gasteiger partial charge in [-0.3, -0.25) is 0 Å². The van der Waals surface area contributed by atoms with Crippen molar-refractivity contribution in [2.75, 3.05) is 7.05 Å². The van der Waals surface area contributed by atoms with Crippen LogP contribution in [0.15, 0.2) is 54.6 Å². The molecule has 2 aromatic carbocycles. The smallest absolute Gasteiger partial charge is 0.0412 e. The van der Waals surface area contributed by atoms with Gasteiger partial charge in [0, 0.05) is 15.8 Å². The number of thiophene rings is 1. The Morgan fingerprint density at radius 1 is 1.00 bits per heavy atom. The summed E-state index contributed by atoms with van der Waals surface area (Å²) >= 11 is 1.91. The van der Waals surface area contributed by atoms with Gasteiger partial charge in [-0.1, -0.05) is 55.8 Å². The maximum Gasteiger partial charge on any atom is 0.0412 e. The minimum absolute atomic E-state index is 0.476. The summed E-state index contributed by atoms with van der Waals surface area (Å²) < 4.78 is 0. The van der Waals surface area contributed by atoms with Crippen LogP contribution in [-0.2, 0) is 0 Å². The standard InChI is InChI=1S/C19H21NS/c1-3-7-17(20-2)19-13-12-18(21-19)16-11-6-9-14-8-4-5-10-15(14)16/h4-6,8-13,17,20H,3,7H2,1-2H3. The van der Waals surface area contributed by atoms with Crippen molar-refractivity contribution in [2.24, 2.45) is 0 Å². The quantitative estimate of drug-likeness (QED) is 0.643. The molecule has 1 heterocycles. The van der Waals surface area contributed by atoms with Crippen LogP contribution in [0.2, 0.25) is 0 Å². The Morgan fingerprint density at radius 3 is 2.62 bits per heavy atom. The van der Waals surface area contributed by atoms with Crippen LogP contribution in [0, 0.1) is 0 Å². The molecule has 3 aromatic rings. The number of rotatable bonds is 5. The van der Waals surface area contributed by atoms with Crippen molar-refractivity contribution in [1.82, 2.24) is 5.32 Å². The van der Waals surface area contributed by atoms with Crippen LogP contribution in [0.1, 0.15) is 30.7 Å². The van der Waals surface area contributed by atoms with E-state index in [0.717, 1.165) is 0 Å². The molecule has 0 fully saturated rings. The first-order valence-corrected chi connectivity index (χ1v) is 8.40. The fraction of sp³-hybridized carbons (Fsp3) is 0.263. The highest BCUT2D eigenvalue weighted by atomic mass is 32.1. The Kier molecular flexibility index (Phi) is 4.37. The topological polar surface area (TPSA) is 12.0 Å². The molecule has 108 valence electrons. The van der Waals surface area contributed by atoms with Gasteiger partial charge in [0.25, 0.3) is 0 Å². The van der Waals surface area contributed by atoms with Crippen molar-refractivity contribution in [3.63, 3.8) is 0 Å². The van der Waals surface area contributed by atoms with E-state index in [-0.39, 0.29) is 0 Å². The molecule has 1 atom stereocenters. The van der Waals surface area contributed by atoms with Gasteiger partial charge in [-0.15, -0.1) is 11.3 Å². The molecule has 3 rings (SSSR count). The van der Waals surface area contributed by atoms with E-state index in [0.29, 0.717) is 6.04 Å². The molecule has 1 N–H and O–H groups in total. The van der Waals surface area contributed by atoms with Crippen LogP contribution in [0.5, 0.6) is 0 Å². The minimum Gasteiger partial charge on any atom is -0.312 e. The van der Waals surface area contributed by atoms with Gasteiger partial charge < -0.3 is 5.32 Å². The van der Waals surface area contributed by atoms with E-state index in [1.807, 2.05) is 11.3 Å². The Bertz CT molecular complexity index is 724. The van der Waals surface area contributed by atoms with Crippen LogP contribution in [-0.4, -0.2) is 7.05 Å². The molecule has 0 amide bonds. The second-order valence-corrected chi connectivity index (χ2v) is 6.47. The van der Waals surface area contributed by atoms with E-state index in [1.165, 1.54) is 38.9 Å². The number of hydrogen-bond donors (Lipinski definition) is 1. The third-order valence-electron chi connectivity index (χ3n) is 3.95. The van der Waals surface area contributed by atoms with Gasteiger partial charge >= 0.3 is 0 Å². The van der Waals surface area contributed by atoms with Crippen LogP contribution >= 0.6 is 11.3 Å². The Morgan fingerprint density at radius 2 is 1.81 bits per heavy atom. The molecule has 1 nitrogen and oxygen atoms in total. The van der Waals surface area contributed by atoms with Crippen LogP contribution in [0.25, 0.3) is 21.2 Å². The zero-order valence-electron chi connectivity index (χ0n) is 12.6. The van der Waals surface area contributed by atoms with E-state index in [4.69, 9.17) is 0 Å². The summed E-state index contributed by atoms with van der Waals surface area (Å²) in [7, 11) is 2.05. The molecule has 2 heteroatoms. The van der Waals surface area contributed by atoms with Crippen LogP contribution in [0.4, 0.5) is 0 Å². The summed E-state index contributed by atoms with van der Waals surface area (Å²) in [5.41, 5.74) is 1.34. The number of hydrogen-bond acceptors (Lipinski definition) is 2. The molecular formula is C19H21NS. The molecule has 1 aromatic heterocycles. The largest absolute Gasteiger partial charge is 0.312 e. The second kappa shape index (κ2) is 6.42. The van der Waals surface area contributed by atoms with Crippen LogP contribution in [0.3, 0.4) is 0 Å². The number of benzene rings is 2. The molecule has 0 aliphatic carbocycles. The minimum atomic E-state index is 0.476. The summed E-state index contributed by atoms with van der Waals surface area (Å²) in [6, 6.07) is 20.2. The summed E-state index contributed by atoms with van der Waals surface area (Å²) in [5, 5.41) is 6.08. The molecule has 0 saturated carbocycles. The van der Waals surface area contributed by atoms with Gasteiger partial charge in [0.05, 0.1) is 0 Å². The van der Waals surface area contributed by atoms with Crippen LogP contribution < -0.4 is 5.32 Å². The van der Waals surface area contributed by atoms with Gasteiger partial charge in [-0.2, -0.15) is 0 Å². The van der Waals surface area contributed by atoms with Crippen molar-refractivity contribution in [3.05, 3.63) is 59.5 Å². The molecule has 0 saturated heterocycles. The average molecular weight is 295 g/mol. The maximum absolute atomic E-state index is 3.43. The summed E-state index contributed by atoms with van der Waals surface area (Å²) in [6.07, 6.45) is 2.39. The normalized spacial score (nSPS) is 12.7. The van der Waals surface area contributed by atoms with Crippen molar-refractivity contribution >= 4 is 22.1 Å². The summed E-state index contributed by atoms with van der Waals surface area (Å²) in [4.78, 5) is 2.79. The zero-order valence-corrected chi connectivity index (χ0v) is 13.4. The first-order chi connectivity index (χ1) is 10.3. The maximum atomic E-state index is 3.43. The van der Waals surface area contributed by atoms with E-state index < -0.39 is 0 Å². The lowest BCUT2D eigenvalue weighted by molar-refractivity contribution is 0.550. The molecule has 0 aliphatic rings. The monoisotopic (exact) mass is 295 g/mol. The molecule has 0 aliphatic heterocycles. The van der Waals surface area contributed by atoms with Gasteiger partial charge in [0.15, 0.2) is 0 Å².